The fourth-order valence-electron chi connectivity index (χ4n) is 2.64. The van der Waals surface area contributed by atoms with Gasteiger partial charge in [0, 0.05) is 5.02 Å². The van der Waals surface area contributed by atoms with Gasteiger partial charge in [-0.2, -0.15) is 0 Å². The van der Waals surface area contributed by atoms with Crippen LogP contribution >= 0.6 is 23.2 Å². The SMILES string of the molecule is CCC1(CC)NC(=O)C(C)N(c2cc(Cl)ccc2Cl)C1=O. The predicted molar refractivity (Wildman–Crippen MR) is 84.9 cm³/mol. The average molecular weight is 329 g/mol. The summed E-state index contributed by atoms with van der Waals surface area (Å²) < 4.78 is 0. The van der Waals surface area contributed by atoms with E-state index in [0.717, 1.165) is 0 Å². The van der Waals surface area contributed by atoms with Crippen molar-refractivity contribution in [1.29, 1.82) is 0 Å². The summed E-state index contributed by atoms with van der Waals surface area (Å²) in [5.74, 6) is -0.335. The molecular formula is C15H18Cl2N2O2. The molecule has 1 atom stereocenters. The van der Waals surface area contributed by atoms with Crippen molar-refractivity contribution >= 4 is 40.7 Å². The molecule has 1 aromatic rings. The first-order valence-electron chi connectivity index (χ1n) is 6.97. The van der Waals surface area contributed by atoms with Crippen molar-refractivity contribution in [1.82, 2.24) is 5.32 Å². The predicted octanol–water partition coefficient (Wildman–Crippen LogP) is 3.40. The number of hydrogen-bond acceptors (Lipinski definition) is 2. The topological polar surface area (TPSA) is 49.4 Å². The second kappa shape index (κ2) is 5.85. The van der Waals surface area contributed by atoms with Crippen LogP contribution in [0.5, 0.6) is 0 Å². The molecule has 0 spiro atoms. The molecule has 1 aliphatic heterocycles. The van der Waals surface area contributed by atoms with E-state index in [4.69, 9.17) is 23.2 Å². The number of benzene rings is 1. The molecule has 0 bridgehead atoms. The monoisotopic (exact) mass is 328 g/mol. The molecule has 114 valence electrons. The Morgan fingerprint density at radius 2 is 1.86 bits per heavy atom. The molecule has 0 aromatic heterocycles. The van der Waals surface area contributed by atoms with Crippen molar-refractivity contribution in [3.8, 4) is 0 Å². The highest BCUT2D eigenvalue weighted by Gasteiger charge is 2.48. The lowest BCUT2D eigenvalue weighted by Gasteiger charge is -2.44. The summed E-state index contributed by atoms with van der Waals surface area (Å²) in [6.45, 7) is 5.45. The van der Waals surface area contributed by atoms with Gasteiger partial charge in [0.1, 0.15) is 11.6 Å². The molecule has 2 amide bonds. The van der Waals surface area contributed by atoms with E-state index in [1.165, 1.54) is 4.90 Å². The summed E-state index contributed by atoms with van der Waals surface area (Å²) in [7, 11) is 0. The van der Waals surface area contributed by atoms with Gasteiger partial charge in [-0.15, -0.1) is 0 Å². The van der Waals surface area contributed by atoms with Crippen molar-refractivity contribution in [2.75, 3.05) is 4.90 Å². The zero-order valence-corrected chi connectivity index (χ0v) is 13.8. The Balaban J connectivity index is 2.56. The molecule has 0 radical (unpaired) electrons. The molecule has 1 heterocycles. The number of carbonyl (C=O) groups is 2. The summed E-state index contributed by atoms with van der Waals surface area (Å²) in [4.78, 5) is 26.7. The van der Waals surface area contributed by atoms with Gasteiger partial charge in [0.05, 0.1) is 10.7 Å². The third-order valence-corrected chi connectivity index (χ3v) is 4.69. The number of rotatable bonds is 3. The lowest BCUT2D eigenvalue weighted by atomic mass is 9.87. The Bertz CT molecular complexity index is 585. The number of halogens is 2. The van der Waals surface area contributed by atoms with Crippen LogP contribution in [0, 0.1) is 0 Å². The van der Waals surface area contributed by atoms with Crippen LogP contribution in [0.2, 0.25) is 10.0 Å². The van der Waals surface area contributed by atoms with Gasteiger partial charge >= 0.3 is 0 Å². The van der Waals surface area contributed by atoms with Crippen molar-refractivity contribution in [2.45, 2.75) is 45.2 Å². The largest absolute Gasteiger partial charge is 0.340 e. The number of nitrogens with zero attached hydrogens (tertiary/aromatic N) is 1. The van der Waals surface area contributed by atoms with Gasteiger partial charge in [-0.25, -0.2) is 0 Å². The van der Waals surface area contributed by atoms with Crippen LogP contribution in [-0.4, -0.2) is 23.4 Å². The summed E-state index contributed by atoms with van der Waals surface area (Å²) in [6, 6.07) is 4.28. The van der Waals surface area contributed by atoms with E-state index in [1.54, 1.807) is 25.1 Å². The maximum atomic E-state index is 12.9. The van der Waals surface area contributed by atoms with Gasteiger partial charge in [0.25, 0.3) is 5.91 Å². The van der Waals surface area contributed by atoms with Crippen LogP contribution in [0.4, 0.5) is 5.69 Å². The highest BCUT2D eigenvalue weighted by Crippen LogP contribution is 2.35. The zero-order chi connectivity index (χ0) is 15.8. The van der Waals surface area contributed by atoms with Crippen LogP contribution < -0.4 is 10.2 Å². The van der Waals surface area contributed by atoms with Gasteiger partial charge < -0.3 is 5.32 Å². The van der Waals surface area contributed by atoms with Crippen molar-refractivity contribution in [3.05, 3.63) is 28.2 Å². The van der Waals surface area contributed by atoms with Crippen LogP contribution in [0.3, 0.4) is 0 Å². The molecule has 1 aliphatic rings. The zero-order valence-electron chi connectivity index (χ0n) is 12.2. The third-order valence-electron chi connectivity index (χ3n) is 4.13. The molecule has 0 saturated carbocycles. The molecule has 21 heavy (non-hydrogen) atoms. The lowest BCUT2D eigenvalue weighted by Crippen LogP contribution is -2.69. The van der Waals surface area contributed by atoms with Gasteiger partial charge in [-0.3, -0.25) is 14.5 Å². The first-order chi connectivity index (χ1) is 9.86. The maximum absolute atomic E-state index is 12.9. The Labute approximate surface area is 134 Å². The first-order valence-corrected chi connectivity index (χ1v) is 7.72. The number of carbonyl (C=O) groups excluding carboxylic acids is 2. The molecule has 6 heteroatoms. The molecule has 1 fully saturated rings. The smallest absolute Gasteiger partial charge is 0.253 e. The Morgan fingerprint density at radius 3 is 2.43 bits per heavy atom. The number of nitrogens with one attached hydrogen (secondary N) is 1. The number of piperazine rings is 1. The van der Waals surface area contributed by atoms with Crippen LogP contribution in [-0.2, 0) is 9.59 Å². The van der Waals surface area contributed by atoms with Gasteiger partial charge in [0.15, 0.2) is 0 Å². The molecule has 1 N–H and O–H groups in total. The van der Waals surface area contributed by atoms with E-state index in [2.05, 4.69) is 5.32 Å². The molecule has 1 saturated heterocycles. The fraction of sp³-hybridized carbons (Fsp3) is 0.467. The molecule has 1 aromatic carbocycles. The van der Waals surface area contributed by atoms with Crippen LogP contribution in [0.1, 0.15) is 33.6 Å². The standard InChI is InChI=1S/C15H18Cl2N2O2/c1-4-15(5-2)14(21)19(9(3)13(20)18-15)12-8-10(16)6-7-11(12)17/h6-9H,4-5H2,1-3H3,(H,18,20). The molecule has 2 rings (SSSR count). The van der Waals surface area contributed by atoms with E-state index in [9.17, 15) is 9.59 Å². The average Bonchev–Trinajstić information content (AvgIpc) is 2.47. The lowest BCUT2D eigenvalue weighted by molar-refractivity contribution is -0.138. The highest BCUT2D eigenvalue weighted by atomic mass is 35.5. The minimum atomic E-state index is -0.880. The van der Waals surface area contributed by atoms with E-state index >= 15 is 0 Å². The summed E-state index contributed by atoms with van der Waals surface area (Å²) in [6.07, 6.45) is 1.05. The van der Waals surface area contributed by atoms with Crippen molar-refractivity contribution in [2.24, 2.45) is 0 Å². The summed E-state index contributed by atoms with van der Waals surface area (Å²) >= 11 is 12.2. The van der Waals surface area contributed by atoms with E-state index in [-0.39, 0.29) is 11.8 Å². The second-order valence-corrected chi connectivity index (χ2v) is 6.07. The Kier molecular flexibility index (Phi) is 4.49. The van der Waals surface area contributed by atoms with Crippen molar-refractivity contribution in [3.63, 3.8) is 0 Å². The Morgan fingerprint density at radius 1 is 1.24 bits per heavy atom. The quantitative estimate of drug-likeness (QED) is 0.924. The van der Waals surface area contributed by atoms with E-state index < -0.39 is 11.6 Å². The molecule has 4 nitrogen and oxygen atoms in total. The number of amides is 2. The molecule has 1 unspecified atom stereocenters. The minimum absolute atomic E-state index is 0.149. The highest BCUT2D eigenvalue weighted by molar-refractivity contribution is 6.36. The van der Waals surface area contributed by atoms with Crippen LogP contribution in [0.15, 0.2) is 18.2 Å². The number of anilines is 1. The first kappa shape index (κ1) is 16.1. The van der Waals surface area contributed by atoms with Gasteiger partial charge in [-0.1, -0.05) is 37.0 Å². The van der Waals surface area contributed by atoms with Gasteiger partial charge in [0.2, 0.25) is 5.91 Å². The van der Waals surface area contributed by atoms with E-state index in [1.807, 2.05) is 13.8 Å². The number of hydrogen-bond donors (Lipinski definition) is 1. The minimum Gasteiger partial charge on any atom is -0.340 e. The van der Waals surface area contributed by atoms with E-state index in [0.29, 0.717) is 28.6 Å². The summed E-state index contributed by atoms with van der Waals surface area (Å²) in [5.41, 5.74) is -0.405. The fourth-order valence-corrected chi connectivity index (χ4v) is 3.01. The van der Waals surface area contributed by atoms with Crippen LogP contribution in [0.25, 0.3) is 0 Å². The van der Waals surface area contributed by atoms with Crippen molar-refractivity contribution < 1.29 is 9.59 Å². The maximum Gasteiger partial charge on any atom is 0.253 e. The molecular weight excluding hydrogens is 311 g/mol. The van der Waals surface area contributed by atoms with Gasteiger partial charge in [-0.05, 0) is 38.0 Å². The third kappa shape index (κ3) is 2.62. The molecule has 0 aliphatic carbocycles. The second-order valence-electron chi connectivity index (χ2n) is 5.23. The Hall–Kier alpha value is -1.26. The summed E-state index contributed by atoms with van der Waals surface area (Å²) in [5, 5.41) is 3.73. The normalized spacial score (nSPS) is 21.4.